The molecule has 1 aromatic rings. The molecule has 1 aliphatic rings. The van der Waals surface area contributed by atoms with Gasteiger partial charge in [-0.2, -0.15) is 0 Å². The molecule has 0 saturated carbocycles. The van der Waals surface area contributed by atoms with Gasteiger partial charge in [-0.25, -0.2) is 0 Å². The summed E-state index contributed by atoms with van der Waals surface area (Å²) >= 11 is 0. The van der Waals surface area contributed by atoms with Crippen molar-refractivity contribution in [2.45, 2.75) is 99.3 Å². The smallest absolute Gasteiger partial charge is 0.0180 e. The lowest BCUT2D eigenvalue weighted by molar-refractivity contribution is 0.0948. The van der Waals surface area contributed by atoms with Crippen molar-refractivity contribution in [3.05, 3.63) is 48.2 Å². The second kappa shape index (κ2) is 11.4. The highest BCUT2D eigenvalue weighted by molar-refractivity contribution is 5.15. The van der Waals surface area contributed by atoms with Crippen molar-refractivity contribution in [2.24, 2.45) is 22.7 Å². The van der Waals surface area contributed by atoms with Crippen molar-refractivity contribution in [3.8, 4) is 0 Å². The van der Waals surface area contributed by atoms with Crippen LogP contribution in [0.25, 0.3) is 0 Å². The van der Waals surface area contributed by atoms with E-state index in [9.17, 15) is 0 Å². The van der Waals surface area contributed by atoms with Crippen molar-refractivity contribution in [1.82, 2.24) is 4.90 Å². The summed E-state index contributed by atoms with van der Waals surface area (Å²) < 4.78 is 0. The molecule has 1 atom stereocenters. The summed E-state index contributed by atoms with van der Waals surface area (Å²) in [6.07, 6.45) is 12.0. The first-order chi connectivity index (χ1) is 14.1. The lowest BCUT2D eigenvalue weighted by Crippen LogP contribution is -2.40. The summed E-state index contributed by atoms with van der Waals surface area (Å²) in [6.45, 7) is 21.0. The standard InChI is InChI=1S/C29H49N/c1-8-16-29(18-20-30(21-19-29)25(4)23-28(5,6)7)17-12-15-27(24(2)3)22-26-13-10-9-11-14-26/h9-11,13-14,24,27H,4,8,12,15-23H2,1-3,5-7H3/t27-/m1/s1. The van der Waals surface area contributed by atoms with Gasteiger partial charge in [-0.1, -0.05) is 91.3 Å². The number of hydrogen-bond acceptors (Lipinski definition) is 1. The van der Waals surface area contributed by atoms with E-state index in [1.807, 2.05) is 0 Å². The Labute approximate surface area is 188 Å². The van der Waals surface area contributed by atoms with Gasteiger partial charge < -0.3 is 4.90 Å². The predicted molar refractivity (Wildman–Crippen MR) is 134 cm³/mol. The van der Waals surface area contributed by atoms with Gasteiger partial charge in [-0.05, 0) is 73.2 Å². The topological polar surface area (TPSA) is 3.24 Å². The Bertz CT molecular complexity index is 614. The van der Waals surface area contributed by atoms with E-state index >= 15 is 0 Å². The van der Waals surface area contributed by atoms with E-state index in [-0.39, 0.29) is 0 Å². The average molecular weight is 412 g/mol. The molecule has 170 valence electrons. The van der Waals surface area contributed by atoms with Crippen molar-refractivity contribution in [3.63, 3.8) is 0 Å². The SMILES string of the molecule is C=C(CC(C)(C)C)N1CCC(CCC)(CCC[C@H](Cc2ccccc2)C(C)C)CC1. The lowest BCUT2D eigenvalue weighted by Gasteiger charge is -2.44. The third-order valence-electron chi connectivity index (χ3n) is 7.35. The minimum absolute atomic E-state index is 0.333. The Hall–Kier alpha value is -1.24. The first kappa shape index (κ1) is 25.0. The molecule has 0 amide bonds. The maximum atomic E-state index is 4.43. The van der Waals surface area contributed by atoms with Crippen LogP contribution in [0.2, 0.25) is 0 Å². The van der Waals surface area contributed by atoms with E-state index in [1.54, 1.807) is 0 Å². The second-order valence-electron chi connectivity index (χ2n) is 11.6. The molecule has 0 aliphatic carbocycles. The molecule has 1 fully saturated rings. The van der Waals surface area contributed by atoms with E-state index in [2.05, 4.69) is 83.4 Å². The third-order valence-corrected chi connectivity index (χ3v) is 7.35. The van der Waals surface area contributed by atoms with Gasteiger partial charge in [0.25, 0.3) is 0 Å². The summed E-state index contributed by atoms with van der Waals surface area (Å²) in [7, 11) is 0. The Morgan fingerprint density at radius 3 is 2.23 bits per heavy atom. The maximum absolute atomic E-state index is 4.43. The summed E-state index contributed by atoms with van der Waals surface area (Å²) in [5.41, 5.74) is 3.77. The highest BCUT2D eigenvalue weighted by Gasteiger charge is 2.34. The number of rotatable bonds is 11. The molecule has 1 heterocycles. The van der Waals surface area contributed by atoms with Gasteiger partial charge in [-0.3, -0.25) is 0 Å². The number of likely N-dealkylation sites (tertiary alicyclic amines) is 1. The average Bonchev–Trinajstić information content (AvgIpc) is 2.67. The first-order valence-corrected chi connectivity index (χ1v) is 12.6. The second-order valence-corrected chi connectivity index (χ2v) is 11.6. The van der Waals surface area contributed by atoms with Crippen LogP contribution in [0.3, 0.4) is 0 Å². The maximum Gasteiger partial charge on any atom is 0.0180 e. The zero-order valence-electron chi connectivity index (χ0n) is 21.0. The van der Waals surface area contributed by atoms with Crippen LogP contribution in [0, 0.1) is 22.7 Å². The molecule has 30 heavy (non-hydrogen) atoms. The van der Waals surface area contributed by atoms with Crippen molar-refractivity contribution in [2.75, 3.05) is 13.1 Å². The fourth-order valence-electron chi connectivity index (χ4n) is 5.50. The number of benzene rings is 1. The molecule has 0 N–H and O–H groups in total. The molecule has 0 unspecified atom stereocenters. The van der Waals surface area contributed by atoms with Gasteiger partial charge in [0.15, 0.2) is 0 Å². The number of hydrogen-bond donors (Lipinski definition) is 0. The molecule has 0 spiro atoms. The highest BCUT2D eigenvalue weighted by atomic mass is 15.1. The summed E-state index contributed by atoms with van der Waals surface area (Å²) in [5, 5.41) is 0. The zero-order chi connectivity index (χ0) is 22.2. The van der Waals surface area contributed by atoms with Crippen LogP contribution >= 0.6 is 0 Å². The van der Waals surface area contributed by atoms with E-state index in [0.717, 1.165) is 18.3 Å². The molecule has 1 nitrogen and oxygen atoms in total. The summed E-state index contributed by atoms with van der Waals surface area (Å²) in [4.78, 5) is 2.59. The molecular formula is C29H49N. The van der Waals surface area contributed by atoms with E-state index in [0.29, 0.717) is 10.8 Å². The molecule has 0 aromatic heterocycles. The zero-order valence-corrected chi connectivity index (χ0v) is 21.0. The Balaban J connectivity index is 1.88. The van der Waals surface area contributed by atoms with Gasteiger partial charge >= 0.3 is 0 Å². The van der Waals surface area contributed by atoms with Crippen LogP contribution in [-0.2, 0) is 6.42 Å². The number of allylic oxidation sites excluding steroid dienone is 1. The first-order valence-electron chi connectivity index (χ1n) is 12.6. The largest absolute Gasteiger partial charge is 0.375 e. The van der Waals surface area contributed by atoms with Crippen molar-refractivity contribution >= 4 is 0 Å². The number of piperidine rings is 1. The van der Waals surface area contributed by atoms with Gasteiger partial charge in [0.1, 0.15) is 0 Å². The van der Waals surface area contributed by atoms with Gasteiger partial charge in [0.05, 0.1) is 0 Å². The fourth-order valence-corrected chi connectivity index (χ4v) is 5.50. The fraction of sp³-hybridized carbons (Fsp3) is 0.724. The molecule has 1 heteroatoms. The van der Waals surface area contributed by atoms with Crippen LogP contribution in [-0.4, -0.2) is 18.0 Å². The van der Waals surface area contributed by atoms with Crippen LogP contribution in [0.15, 0.2) is 42.6 Å². The Kier molecular flexibility index (Phi) is 9.51. The third kappa shape index (κ3) is 8.12. The minimum atomic E-state index is 0.333. The molecule has 1 aliphatic heterocycles. The van der Waals surface area contributed by atoms with Crippen LogP contribution in [0.1, 0.15) is 98.5 Å². The van der Waals surface area contributed by atoms with Gasteiger partial charge in [0.2, 0.25) is 0 Å². The molecule has 0 radical (unpaired) electrons. The number of nitrogens with zero attached hydrogens (tertiary/aromatic N) is 1. The van der Waals surface area contributed by atoms with Gasteiger partial charge in [-0.15, -0.1) is 0 Å². The molecule has 1 saturated heterocycles. The quantitative estimate of drug-likeness (QED) is 0.353. The van der Waals surface area contributed by atoms with Crippen LogP contribution in [0.4, 0.5) is 0 Å². The van der Waals surface area contributed by atoms with Gasteiger partial charge in [0, 0.05) is 18.8 Å². The normalized spacial score (nSPS) is 17.9. The van der Waals surface area contributed by atoms with Crippen LogP contribution in [0.5, 0.6) is 0 Å². The lowest BCUT2D eigenvalue weighted by atomic mass is 9.70. The monoisotopic (exact) mass is 411 g/mol. The Morgan fingerprint density at radius 2 is 1.70 bits per heavy atom. The van der Waals surface area contributed by atoms with E-state index < -0.39 is 0 Å². The van der Waals surface area contributed by atoms with Crippen molar-refractivity contribution in [1.29, 1.82) is 0 Å². The molecule has 1 aromatic carbocycles. The van der Waals surface area contributed by atoms with Crippen molar-refractivity contribution < 1.29 is 0 Å². The van der Waals surface area contributed by atoms with Crippen LogP contribution < -0.4 is 0 Å². The summed E-state index contributed by atoms with van der Waals surface area (Å²) in [5.74, 6) is 1.56. The molecule has 0 bridgehead atoms. The van der Waals surface area contributed by atoms with E-state index in [1.165, 1.54) is 75.7 Å². The minimum Gasteiger partial charge on any atom is -0.375 e. The Morgan fingerprint density at radius 1 is 1.07 bits per heavy atom. The van der Waals surface area contributed by atoms with E-state index in [4.69, 9.17) is 0 Å². The molecule has 2 rings (SSSR count). The highest BCUT2D eigenvalue weighted by Crippen LogP contribution is 2.43. The molecular weight excluding hydrogens is 362 g/mol. The summed E-state index contributed by atoms with van der Waals surface area (Å²) in [6, 6.07) is 11.1. The predicted octanol–water partition coefficient (Wildman–Crippen LogP) is 8.50.